The summed E-state index contributed by atoms with van der Waals surface area (Å²) in [5.74, 6) is -2.11. The van der Waals surface area contributed by atoms with Gasteiger partial charge in [-0.25, -0.2) is 0 Å². The minimum absolute atomic E-state index is 0.00326. The molecule has 2 N–H and O–H groups in total. The van der Waals surface area contributed by atoms with Crippen LogP contribution in [-0.4, -0.2) is 22.4 Å². The molecule has 1 heterocycles. The summed E-state index contributed by atoms with van der Waals surface area (Å²) in [5.41, 5.74) is -1.20. The highest BCUT2D eigenvalue weighted by Crippen LogP contribution is 2.24. The predicted octanol–water partition coefficient (Wildman–Crippen LogP) is 1.80. The Balaban J connectivity index is 3.20. The maximum atomic E-state index is 12.1. The number of rotatable bonds is 4. The second kappa shape index (κ2) is 5.42. The molecule has 9 heteroatoms. The minimum Gasteiger partial charge on any atom is -0.481 e. The van der Waals surface area contributed by atoms with E-state index in [0.717, 1.165) is 6.07 Å². The molecule has 18 heavy (non-hydrogen) atoms. The Bertz CT molecular complexity index is 512. The molecule has 0 amide bonds. The second-order valence-electron chi connectivity index (χ2n) is 3.23. The van der Waals surface area contributed by atoms with Crippen LogP contribution in [0.2, 0.25) is 0 Å². The van der Waals surface area contributed by atoms with Gasteiger partial charge in [0, 0.05) is 16.6 Å². The van der Waals surface area contributed by atoms with Crippen molar-refractivity contribution in [2.24, 2.45) is 0 Å². The zero-order valence-corrected chi connectivity index (χ0v) is 10.3. The summed E-state index contributed by atoms with van der Waals surface area (Å²) >= 11 is 2.90. The van der Waals surface area contributed by atoms with Crippen LogP contribution in [0, 0.1) is 0 Å². The number of nitrogens with one attached hydrogen (secondary N) is 1. The maximum absolute atomic E-state index is 12.1. The third kappa shape index (κ3) is 4.06. The van der Waals surface area contributed by atoms with E-state index in [9.17, 15) is 22.8 Å². The van der Waals surface area contributed by atoms with Gasteiger partial charge in [0.25, 0.3) is 5.56 Å². The number of carbonyl (C=O) groups is 1. The number of alkyl halides is 4. The molecule has 0 aliphatic rings. The van der Waals surface area contributed by atoms with Crippen LogP contribution in [-0.2, 0) is 16.5 Å². The molecule has 5 nitrogen and oxygen atoms in total. The van der Waals surface area contributed by atoms with Crippen molar-refractivity contribution in [3.63, 3.8) is 0 Å². The molecule has 0 saturated heterocycles. The standard InChI is InChI=1S/C9H7BrF3NO4/c10-3-4-1-5(2-6(15)16)14-8(17)7(4)18-9(11,12)13/h1H,2-3H2,(H,14,17)(H,15,16). The lowest BCUT2D eigenvalue weighted by Crippen LogP contribution is -2.25. The van der Waals surface area contributed by atoms with E-state index >= 15 is 0 Å². The molecule has 0 bridgehead atoms. The zero-order valence-electron chi connectivity index (χ0n) is 8.68. The van der Waals surface area contributed by atoms with Gasteiger partial charge in [0.05, 0.1) is 6.42 Å². The molecule has 0 atom stereocenters. The Hall–Kier alpha value is -1.51. The van der Waals surface area contributed by atoms with Gasteiger partial charge in [0.1, 0.15) is 0 Å². The first-order chi connectivity index (χ1) is 8.23. The summed E-state index contributed by atoms with van der Waals surface area (Å²) in [5, 5.41) is 8.46. The molecular weight excluding hydrogens is 323 g/mol. The number of carboxylic acids is 1. The van der Waals surface area contributed by atoms with Crippen LogP contribution in [0.15, 0.2) is 10.9 Å². The molecule has 0 radical (unpaired) electrons. The van der Waals surface area contributed by atoms with Crippen LogP contribution in [0.1, 0.15) is 11.3 Å². The minimum atomic E-state index is -4.99. The van der Waals surface area contributed by atoms with E-state index in [1.807, 2.05) is 4.98 Å². The summed E-state index contributed by atoms with van der Waals surface area (Å²) < 4.78 is 39.8. The van der Waals surface area contributed by atoms with E-state index in [-0.39, 0.29) is 16.6 Å². The third-order valence-corrected chi connectivity index (χ3v) is 2.43. The number of hydrogen-bond acceptors (Lipinski definition) is 3. The van der Waals surface area contributed by atoms with Gasteiger partial charge in [-0.05, 0) is 6.07 Å². The van der Waals surface area contributed by atoms with Crippen LogP contribution in [0.4, 0.5) is 13.2 Å². The lowest BCUT2D eigenvalue weighted by molar-refractivity contribution is -0.275. The van der Waals surface area contributed by atoms with Gasteiger partial charge in [-0.2, -0.15) is 0 Å². The fourth-order valence-electron chi connectivity index (χ4n) is 1.25. The van der Waals surface area contributed by atoms with Crippen molar-refractivity contribution in [3.05, 3.63) is 27.7 Å². The number of aliphatic carboxylic acids is 1. The molecule has 1 aromatic rings. The van der Waals surface area contributed by atoms with Gasteiger partial charge in [0.15, 0.2) is 5.75 Å². The molecule has 0 aromatic carbocycles. The largest absolute Gasteiger partial charge is 0.573 e. The van der Waals surface area contributed by atoms with Crippen molar-refractivity contribution in [2.75, 3.05) is 0 Å². The Morgan fingerprint density at radius 2 is 2.11 bits per heavy atom. The average molecular weight is 330 g/mol. The molecule has 0 aliphatic heterocycles. The number of pyridine rings is 1. The zero-order chi connectivity index (χ0) is 13.9. The fourth-order valence-corrected chi connectivity index (χ4v) is 1.66. The topological polar surface area (TPSA) is 79.4 Å². The summed E-state index contributed by atoms with van der Waals surface area (Å²) in [6.07, 6.45) is -5.49. The van der Waals surface area contributed by atoms with E-state index in [0.29, 0.717) is 0 Å². The first kappa shape index (κ1) is 14.6. The molecule has 0 aliphatic carbocycles. The van der Waals surface area contributed by atoms with Crippen LogP contribution in [0.3, 0.4) is 0 Å². The van der Waals surface area contributed by atoms with Crippen molar-refractivity contribution < 1.29 is 27.8 Å². The highest BCUT2D eigenvalue weighted by atomic mass is 79.9. The van der Waals surface area contributed by atoms with Crippen LogP contribution < -0.4 is 10.3 Å². The van der Waals surface area contributed by atoms with Crippen molar-refractivity contribution in [2.45, 2.75) is 18.1 Å². The molecule has 1 aromatic heterocycles. The average Bonchev–Trinajstić information content (AvgIpc) is 2.19. The molecular formula is C9H7BrF3NO4. The van der Waals surface area contributed by atoms with Crippen molar-refractivity contribution in [3.8, 4) is 5.75 Å². The lowest BCUT2D eigenvalue weighted by Gasteiger charge is -2.12. The molecule has 0 spiro atoms. The molecule has 0 fully saturated rings. The number of H-pyrrole nitrogens is 1. The number of ether oxygens (including phenoxy) is 1. The van der Waals surface area contributed by atoms with E-state index in [1.165, 1.54) is 0 Å². The SMILES string of the molecule is O=C(O)Cc1cc(CBr)c(OC(F)(F)F)c(=O)[nH]1. The maximum Gasteiger partial charge on any atom is 0.573 e. The number of aromatic nitrogens is 1. The van der Waals surface area contributed by atoms with Gasteiger partial charge >= 0.3 is 12.3 Å². The van der Waals surface area contributed by atoms with Crippen LogP contribution >= 0.6 is 15.9 Å². The Kier molecular flexibility index (Phi) is 4.38. The van der Waals surface area contributed by atoms with E-state index < -0.39 is 30.1 Å². The Morgan fingerprint density at radius 1 is 1.50 bits per heavy atom. The van der Waals surface area contributed by atoms with Gasteiger partial charge in [-0.15, -0.1) is 13.2 Å². The van der Waals surface area contributed by atoms with Gasteiger partial charge in [-0.3, -0.25) is 9.59 Å². The Labute approximate surface area is 107 Å². The number of carboxylic acid groups (broad SMARTS) is 1. The number of hydrogen-bond donors (Lipinski definition) is 2. The molecule has 0 unspecified atom stereocenters. The fraction of sp³-hybridized carbons (Fsp3) is 0.333. The quantitative estimate of drug-likeness (QED) is 0.825. The predicted molar refractivity (Wildman–Crippen MR) is 57.7 cm³/mol. The highest BCUT2D eigenvalue weighted by molar-refractivity contribution is 9.08. The number of aromatic amines is 1. The van der Waals surface area contributed by atoms with Gasteiger partial charge < -0.3 is 14.8 Å². The van der Waals surface area contributed by atoms with Crippen molar-refractivity contribution in [1.29, 1.82) is 0 Å². The van der Waals surface area contributed by atoms with Crippen LogP contribution in [0.5, 0.6) is 5.75 Å². The monoisotopic (exact) mass is 329 g/mol. The van der Waals surface area contributed by atoms with E-state index in [1.54, 1.807) is 0 Å². The first-order valence-electron chi connectivity index (χ1n) is 4.51. The molecule has 0 saturated carbocycles. The number of halogens is 4. The second-order valence-corrected chi connectivity index (χ2v) is 3.79. The van der Waals surface area contributed by atoms with Crippen LogP contribution in [0.25, 0.3) is 0 Å². The first-order valence-corrected chi connectivity index (χ1v) is 5.63. The third-order valence-electron chi connectivity index (χ3n) is 1.82. The van der Waals surface area contributed by atoms with E-state index in [2.05, 4.69) is 20.7 Å². The summed E-state index contributed by atoms with van der Waals surface area (Å²) in [7, 11) is 0. The lowest BCUT2D eigenvalue weighted by atomic mass is 10.2. The summed E-state index contributed by atoms with van der Waals surface area (Å²) in [4.78, 5) is 23.9. The van der Waals surface area contributed by atoms with Gasteiger partial charge in [-0.1, -0.05) is 15.9 Å². The normalized spacial score (nSPS) is 11.3. The Morgan fingerprint density at radius 3 is 2.56 bits per heavy atom. The van der Waals surface area contributed by atoms with E-state index in [4.69, 9.17) is 5.11 Å². The summed E-state index contributed by atoms with van der Waals surface area (Å²) in [6.45, 7) is 0. The highest BCUT2D eigenvalue weighted by Gasteiger charge is 2.33. The molecule has 1 rings (SSSR count). The van der Waals surface area contributed by atoms with Crippen molar-refractivity contribution >= 4 is 21.9 Å². The summed E-state index contributed by atoms with van der Waals surface area (Å²) in [6, 6.07) is 1.13. The molecule has 100 valence electrons. The smallest absolute Gasteiger partial charge is 0.481 e. The van der Waals surface area contributed by atoms with Gasteiger partial charge in [0.2, 0.25) is 0 Å². The van der Waals surface area contributed by atoms with Crippen molar-refractivity contribution in [1.82, 2.24) is 4.98 Å².